The fourth-order valence-electron chi connectivity index (χ4n) is 1.91. The number of aromatic nitrogens is 2. The van der Waals surface area contributed by atoms with Crippen LogP contribution in [0.4, 0.5) is 0 Å². The summed E-state index contributed by atoms with van der Waals surface area (Å²) in [5, 5.41) is 5.05. The molecule has 0 amide bonds. The van der Waals surface area contributed by atoms with Crippen LogP contribution in [-0.4, -0.2) is 9.78 Å². The Labute approximate surface area is 88.2 Å². The van der Waals surface area contributed by atoms with E-state index in [1.54, 1.807) is 6.20 Å². The molecule has 2 aliphatic carbocycles. The minimum Gasteiger partial charge on any atom is -0.320 e. The van der Waals surface area contributed by atoms with E-state index in [-0.39, 0.29) is 5.54 Å². The molecule has 1 heterocycles. The van der Waals surface area contributed by atoms with Crippen LogP contribution < -0.4 is 5.73 Å². The summed E-state index contributed by atoms with van der Waals surface area (Å²) in [6, 6.07) is 0. The maximum Gasteiger partial charge on any atom is 0.0837 e. The highest BCUT2D eigenvalue weighted by Gasteiger charge is 2.45. The van der Waals surface area contributed by atoms with Gasteiger partial charge in [0.25, 0.3) is 0 Å². The highest BCUT2D eigenvalue weighted by Crippen LogP contribution is 2.46. The number of nitrogens with zero attached hydrogens (tertiary/aromatic N) is 2. The lowest BCUT2D eigenvalue weighted by molar-refractivity contribution is 0.508. The Balaban J connectivity index is 1.93. The van der Waals surface area contributed by atoms with Crippen molar-refractivity contribution in [3.63, 3.8) is 0 Å². The van der Waals surface area contributed by atoms with E-state index >= 15 is 0 Å². The molecule has 1 aromatic heterocycles. The van der Waals surface area contributed by atoms with E-state index in [0.29, 0.717) is 0 Å². The van der Waals surface area contributed by atoms with Gasteiger partial charge in [-0.2, -0.15) is 5.10 Å². The third-order valence-electron chi connectivity index (χ3n) is 3.18. The predicted octanol–water partition coefficient (Wildman–Crippen LogP) is 1.89. The molecule has 14 heavy (non-hydrogen) atoms. The van der Waals surface area contributed by atoms with Crippen LogP contribution in [0.15, 0.2) is 6.20 Å². The summed E-state index contributed by atoms with van der Waals surface area (Å²) in [5.41, 5.74) is 7.06. The zero-order valence-corrected chi connectivity index (χ0v) is 8.80. The summed E-state index contributed by atoms with van der Waals surface area (Å²) in [5.74, 6) is 0.812. The molecule has 2 aliphatic rings. The lowest BCUT2D eigenvalue weighted by atomic mass is 10.2. The lowest BCUT2D eigenvalue weighted by Crippen LogP contribution is -2.24. The molecular weight excluding hydrogens is 198 g/mol. The molecular formula is C10H14ClN3. The van der Waals surface area contributed by atoms with E-state index in [2.05, 4.69) is 5.10 Å². The molecule has 0 aliphatic heterocycles. The number of halogens is 1. The van der Waals surface area contributed by atoms with Crippen molar-refractivity contribution >= 4 is 11.6 Å². The van der Waals surface area contributed by atoms with Gasteiger partial charge in [0.15, 0.2) is 0 Å². The summed E-state index contributed by atoms with van der Waals surface area (Å²) < 4.78 is 2.02. The third kappa shape index (κ3) is 1.35. The molecule has 1 aromatic rings. The minimum absolute atomic E-state index is 0.164. The van der Waals surface area contributed by atoms with Crippen LogP contribution in [0.25, 0.3) is 0 Å². The van der Waals surface area contributed by atoms with Gasteiger partial charge in [0.1, 0.15) is 0 Å². The monoisotopic (exact) mass is 211 g/mol. The molecule has 0 radical (unpaired) electrons. The van der Waals surface area contributed by atoms with Crippen LogP contribution in [0.2, 0.25) is 5.02 Å². The van der Waals surface area contributed by atoms with E-state index in [0.717, 1.165) is 36.0 Å². The molecule has 3 nitrogen and oxygen atoms in total. The first-order valence-electron chi connectivity index (χ1n) is 5.20. The lowest BCUT2D eigenvalue weighted by Gasteiger charge is -2.12. The van der Waals surface area contributed by atoms with Crippen LogP contribution in [0.3, 0.4) is 0 Å². The molecule has 0 saturated heterocycles. The number of hydrogen-bond donors (Lipinski definition) is 1. The summed E-state index contributed by atoms with van der Waals surface area (Å²) in [6.07, 6.45) is 6.47. The van der Waals surface area contributed by atoms with E-state index < -0.39 is 0 Å². The van der Waals surface area contributed by atoms with E-state index in [4.69, 9.17) is 17.3 Å². The van der Waals surface area contributed by atoms with Gasteiger partial charge in [0, 0.05) is 6.54 Å². The normalized spacial score (nSPS) is 23.9. The zero-order valence-electron chi connectivity index (χ0n) is 8.04. The first kappa shape index (κ1) is 8.74. The van der Waals surface area contributed by atoms with Crippen molar-refractivity contribution in [2.75, 3.05) is 0 Å². The summed E-state index contributed by atoms with van der Waals surface area (Å²) in [4.78, 5) is 0. The van der Waals surface area contributed by atoms with E-state index in [9.17, 15) is 0 Å². The first-order chi connectivity index (χ1) is 6.69. The summed E-state index contributed by atoms with van der Waals surface area (Å²) in [7, 11) is 0. The van der Waals surface area contributed by atoms with Crippen molar-refractivity contribution in [1.29, 1.82) is 0 Å². The number of rotatable bonds is 3. The molecule has 2 fully saturated rings. The second kappa shape index (κ2) is 2.74. The molecule has 0 bridgehead atoms. The molecule has 76 valence electrons. The second-order valence-electron chi connectivity index (χ2n) is 4.62. The van der Waals surface area contributed by atoms with Crippen molar-refractivity contribution in [3.8, 4) is 0 Å². The van der Waals surface area contributed by atoms with Crippen LogP contribution in [0.5, 0.6) is 0 Å². The van der Waals surface area contributed by atoms with Gasteiger partial charge < -0.3 is 5.73 Å². The Morgan fingerprint density at radius 3 is 2.86 bits per heavy atom. The minimum atomic E-state index is -0.164. The van der Waals surface area contributed by atoms with Gasteiger partial charge in [-0.05, 0) is 31.6 Å². The summed E-state index contributed by atoms with van der Waals surface area (Å²) in [6.45, 7) is 1.00. The Kier molecular flexibility index (Phi) is 1.71. The molecule has 0 unspecified atom stereocenters. The predicted molar refractivity (Wildman–Crippen MR) is 55.1 cm³/mol. The fourth-order valence-corrected chi connectivity index (χ4v) is 2.24. The standard InChI is InChI=1S/C10H14ClN3/c11-8-5-13-14(6-7-1-2-7)9(8)10(12)3-4-10/h5,7H,1-4,6,12H2. The van der Waals surface area contributed by atoms with Crippen molar-refractivity contribution in [2.45, 2.75) is 37.8 Å². The molecule has 4 heteroatoms. The Bertz CT molecular complexity index is 363. The third-order valence-corrected chi connectivity index (χ3v) is 3.46. The SMILES string of the molecule is NC1(c2c(Cl)cnn2CC2CC2)CC1. The molecule has 0 spiro atoms. The molecule has 0 aromatic carbocycles. The van der Waals surface area contributed by atoms with Crippen molar-refractivity contribution in [1.82, 2.24) is 9.78 Å². The highest BCUT2D eigenvalue weighted by atomic mass is 35.5. The van der Waals surface area contributed by atoms with E-state index in [1.807, 2.05) is 4.68 Å². The van der Waals surface area contributed by atoms with Crippen LogP contribution in [0.1, 0.15) is 31.4 Å². The van der Waals surface area contributed by atoms with E-state index in [1.165, 1.54) is 12.8 Å². The zero-order chi connectivity index (χ0) is 9.76. The molecule has 3 rings (SSSR count). The van der Waals surface area contributed by atoms with Gasteiger partial charge in [-0.1, -0.05) is 11.6 Å². The van der Waals surface area contributed by atoms with Gasteiger partial charge in [0.05, 0.1) is 22.5 Å². The summed E-state index contributed by atoms with van der Waals surface area (Å²) >= 11 is 6.11. The molecule has 2 saturated carbocycles. The maximum absolute atomic E-state index is 6.16. The topological polar surface area (TPSA) is 43.8 Å². The molecule has 0 atom stereocenters. The van der Waals surface area contributed by atoms with Crippen molar-refractivity contribution in [3.05, 3.63) is 16.9 Å². The van der Waals surface area contributed by atoms with Crippen LogP contribution >= 0.6 is 11.6 Å². The van der Waals surface area contributed by atoms with Gasteiger partial charge in [-0.25, -0.2) is 0 Å². The van der Waals surface area contributed by atoms with Gasteiger partial charge >= 0.3 is 0 Å². The van der Waals surface area contributed by atoms with Gasteiger partial charge in [0.2, 0.25) is 0 Å². The highest BCUT2D eigenvalue weighted by molar-refractivity contribution is 6.31. The van der Waals surface area contributed by atoms with Crippen molar-refractivity contribution < 1.29 is 0 Å². The van der Waals surface area contributed by atoms with Crippen LogP contribution in [-0.2, 0) is 12.1 Å². The van der Waals surface area contributed by atoms with Gasteiger partial charge in [-0.3, -0.25) is 4.68 Å². The van der Waals surface area contributed by atoms with Crippen LogP contribution in [0, 0.1) is 5.92 Å². The van der Waals surface area contributed by atoms with Gasteiger partial charge in [-0.15, -0.1) is 0 Å². The fraction of sp³-hybridized carbons (Fsp3) is 0.700. The smallest absolute Gasteiger partial charge is 0.0837 e. The Morgan fingerprint density at radius 2 is 2.29 bits per heavy atom. The first-order valence-corrected chi connectivity index (χ1v) is 5.57. The van der Waals surface area contributed by atoms with Crippen molar-refractivity contribution in [2.24, 2.45) is 11.7 Å². The molecule has 2 N–H and O–H groups in total. The second-order valence-corrected chi connectivity index (χ2v) is 5.03. The average molecular weight is 212 g/mol. The Morgan fingerprint density at radius 1 is 1.57 bits per heavy atom. The average Bonchev–Trinajstić information content (AvgIpc) is 3.01. The number of nitrogens with two attached hydrogens (primary N) is 1. The largest absolute Gasteiger partial charge is 0.320 e. The number of hydrogen-bond acceptors (Lipinski definition) is 2. The quantitative estimate of drug-likeness (QED) is 0.830. The Hall–Kier alpha value is -0.540. The maximum atomic E-state index is 6.16.